The van der Waals surface area contributed by atoms with E-state index in [1.807, 2.05) is 6.92 Å². The minimum atomic E-state index is -1.66. The van der Waals surface area contributed by atoms with Crippen molar-refractivity contribution in [3.63, 3.8) is 0 Å². The second-order valence-electron chi connectivity index (χ2n) is 15.0. The molecular weight excluding hydrogens is 556 g/mol. The van der Waals surface area contributed by atoms with E-state index in [4.69, 9.17) is 28.4 Å². The summed E-state index contributed by atoms with van der Waals surface area (Å²) in [7, 11) is 0. The number of fused-ring (bicyclic) bond motifs is 7. The fourth-order valence-electron chi connectivity index (χ4n) is 11.0. The number of esters is 3. The maximum atomic E-state index is 12.6. The van der Waals surface area contributed by atoms with Gasteiger partial charge in [-0.05, 0) is 93.0 Å². The Morgan fingerprint density at radius 1 is 0.977 bits per heavy atom. The van der Waals surface area contributed by atoms with Gasteiger partial charge in [-0.2, -0.15) is 0 Å². The molecule has 43 heavy (non-hydrogen) atoms. The summed E-state index contributed by atoms with van der Waals surface area (Å²) in [5.74, 6) is -1.97. The van der Waals surface area contributed by atoms with Crippen molar-refractivity contribution in [2.24, 2.45) is 34.5 Å². The van der Waals surface area contributed by atoms with Crippen LogP contribution in [0.4, 0.5) is 0 Å². The molecule has 3 aliphatic heterocycles. The normalized spacial score (nSPS) is 51.9. The molecule has 10 nitrogen and oxygen atoms in total. The molecule has 238 valence electrons. The van der Waals surface area contributed by atoms with Crippen molar-refractivity contribution in [3.05, 3.63) is 11.6 Å². The Balaban J connectivity index is 1.15. The maximum absolute atomic E-state index is 12.6. The van der Waals surface area contributed by atoms with E-state index in [-0.39, 0.29) is 46.9 Å². The topological polar surface area (TPSA) is 127 Å². The molecule has 0 aromatic rings. The zero-order valence-corrected chi connectivity index (χ0v) is 26.0. The van der Waals surface area contributed by atoms with Crippen LogP contribution in [0.5, 0.6) is 0 Å². The summed E-state index contributed by atoms with van der Waals surface area (Å²) >= 11 is 0. The van der Waals surface area contributed by atoms with Crippen LogP contribution in [0.2, 0.25) is 0 Å². The quantitative estimate of drug-likeness (QED) is 0.288. The van der Waals surface area contributed by atoms with E-state index in [0.717, 1.165) is 56.9 Å². The minimum Gasteiger partial charge on any atom is -0.458 e. The van der Waals surface area contributed by atoms with E-state index >= 15 is 0 Å². The van der Waals surface area contributed by atoms with Gasteiger partial charge in [0.15, 0.2) is 6.10 Å². The Bertz CT molecular complexity index is 1230. The van der Waals surface area contributed by atoms with Crippen molar-refractivity contribution in [1.82, 2.24) is 0 Å². The standard InChI is InChI=1S/C33H46O10/c1-17-12-27(40-18(2)34)33(42-19(3)35)29(39-17)41-26-15-30(4)21(14-25(26)43-33)6-7-24-23(30)8-10-31(5)22(9-11-32(24,31)37)20-13-28(36)38-16-20/h13,17,21-27,29,37H,6-12,14-16H2,1-5H3/t17-,21+,22-,23+,24-,25-,26-,27-,29+,30+,31-,32+,33-/m1/s1. The Morgan fingerprint density at radius 3 is 2.47 bits per heavy atom. The summed E-state index contributed by atoms with van der Waals surface area (Å²) in [4.78, 5) is 36.3. The SMILES string of the molecule is CC(=O)O[C@@H]1C[C@@H](C)O[C@H]2O[C@@H]3C[C@@]4(C)[C@@H](CC[C@@H]5[C@@H]4CC[C@]4(C)[C@@H](C6=CC(=O)OC6)CC[C@]54O)C[C@H]3O[C@@]21OC(C)=O. The van der Waals surface area contributed by atoms with Crippen LogP contribution in [0.3, 0.4) is 0 Å². The molecule has 0 amide bonds. The monoisotopic (exact) mass is 602 g/mol. The number of aliphatic hydroxyl groups is 1. The first-order chi connectivity index (χ1) is 20.3. The number of hydrogen-bond acceptors (Lipinski definition) is 10. The predicted octanol–water partition coefficient (Wildman–Crippen LogP) is 3.96. The predicted molar refractivity (Wildman–Crippen MR) is 150 cm³/mol. The fraction of sp³-hybridized carbons (Fsp3) is 0.848. The van der Waals surface area contributed by atoms with Crippen molar-refractivity contribution in [1.29, 1.82) is 0 Å². The van der Waals surface area contributed by atoms with Crippen LogP contribution >= 0.6 is 0 Å². The lowest BCUT2D eigenvalue weighted by Crippen LogP contribution is -2.72. The number of carbonyl (C=O) groups is 3. The first-order valence-corrected chi connectivity index (χ1v) is 16.2. The van der Waals surface area contributed by atoms with Gasteiger partial charge in [0, 0.05) is 31.8 Å². The molecule has 7 aliphatic rings. The molecule has 4 aliphatic carbocycles. The Hall–Kier alpha value is -2.01. The largest absolute Gasteiger partial charge is 0.458 e. The highest BCUT2D eigenvalue weighted by Gasteiger charge is 2.70. The van der Waals surface area contributed by atoms with Crippen LogP contribution in [0, 0.1) is 34.5 Å². The van der Waals surface area contributed by atoms with Gasteiger partial charge >= 0.3 is 23.7 Å². The van der Waals surface area contributed by atoms with E-state index in [2.05, 4.69) is 13.8 Å². The van der Waals surface area contributed by atoms with Crippen LogP contribution in [-0.4, -0.2) is 71.7 Å². The number of rotatable bonds is 3. The third kappa shape index (κ3) is 4.29. The summed E-state index contributed by atoms with van der Waals surface area (Å²) in [5.41, 5.74) is -0.128. The Kier molecular flexibility index (Phi) is 6.90. The zero-order valence-electron chi connectivity index (χ0n) is 26.0. The van der Waals surface area contributed by atoms with Crippen molar-refractivity contribution in [2.75, 3.05) is 6.61 Å². The number of ether oxygens (including phenoxy) is 6. The molecule has 13 atom stereocenters. The third-order valence-electron chi connectivity index (χ3n) is 12.9. The fourth-order valence-corrected chi connectivity index (χ4v) is 11.0. The highest BCUT2D eigenvalue weighted by molar-refractivity contribution is 5.85. The van der Waals surface area contributed by atoms with Crippen LogP contribution in [0.1, 0.15) is 92.4 Å². The highest BCUT2D eigenvalue weighted by atomic mass is 16.8. The van der Waals surface area contributed by atoms with Gasteiger partial charge in [-0.25, -0.2) is 4.79 Å². The molecule has 10 heteroatoms. The first kappa shape index (κ1) is 29.7. The zero-order chi connectivity index (χ0) is 30.5. The van der Waals surface area contributed by atoms with E-state index in [9.17, 15) is 19.5 Å². The average molecular weight is 603 g/mol. The van der Waals surface area contributed by atoms with E-state index in [1.54, 1.807) is 6.08 Å². The molecule has 0 spiro atoms. The van der Waals surface area contributed by atoms with Gasteiger partial charge in [-0.3, -0.25) is 9.59 Å². The van der Waals surface area contributed by atoms with Gasteiger partial charge in [-0.1, -0.05) is 13.8 Å². The van der Waals surface area contributed by atoms with Gasteiger partial charge in [0.05, 0.1) is 23.9 Å². The molecule has 1 N–H and O–H groups in total. The molecule has 0 unspecified atom stereocenters. The van der Waals surface area contributed by atoms with Crippen LogP contribution in [0.25, 0.3) is 0 Å². The van der Waals surface area contributed by atoms with Crippen LogP contribution < -0.4 is 0 Å². The smallest absolute Gasteiger partial charge is 0.331 e. The molecule has 0 aromatic heterocycles. The van der Waals surface area contributed by atoms with Crippen molar-refractivity contribution >= 4 is 17.9 Å². The van der Waals surface area contributed by atoms with E-state index < -0.39 is 35.7 Å². The Morgan fingerprint density at radius 2 is 1.77 bits per heavy atom. The molecule has 0 aromatic carbocycles. The molecule has 0 bridgehead atoms. The van der Waals surface area contributed by atoms with Crippen molar-refractivity contribution in [2.45, 2.75) is 135 Å². The molecule has 3 heterocycles. The minimum absolute atomic E-state index is 0.0781. The van der Waals surface area contributed by atoms with Gasteiger partial charge in [-0.15, -0.1) is 0 Å². The van der Waals surface area contributed by atoms with Crippen molar-refractivity contribution in [3.8, 4) is 0 Å². The lowest BCUT2D eigenvalue weighted by atomic mass is 9.43. The average Bonchev–Trinajstić information content (AvgIpc) is 3.46. The van der Waals surface area contributed by atoms with Crippen LogP contribution in [0.15, 0.2) is 11.6 Å². The van der Waals surface area contributed by atoms with E-state index in [0.29, 0.717) is 24.9 Å². The molecule has 2 saturated heterocycles. The summed E-state index contributed by atoms with van der Waals surface area (Å²) in [6.45, 7) is 9.49. The molecular formula is C33H46O10. The lowest BCUT2D eigenvalue weighted by Gasteiger charge is -2.65. The lowest BCUT2D eigenvalue weighted by molar-refractivity contribution is -0.456. The number of hydrogen-bond donors (Lipinski definition) is 1. The van der Waals surface area contributed by atoms with Gasteiger partial charge in [0.25, 0.3) is 0 Å². The maximum Gasteiger partial charge on any atom is 0.331 e. The summed E-state index contributed by atoms with van der Waals surface area (Å²) in [6.07, 6.45) is 6.08. The molecule has 4 saturated carbocycles. The summed E-state index contributed by atoms with van der Waals surface area (Å²) in [6, 6.07) is 0. The first-order valence-electron chi connectivity index (χ1n) is 16.2. The van der Waals surface area contributed by atoms with Gasteiger partial charge < -0.3 is 33.5 Å². The van der Waals surface area contributed by atoms with Crippen LogP contribution in [-0.2, 0) is 42.8 Å². The van der Waals surface area contributed by atoms with Gasteiger partial charge in [0.2, 0.25) is 6.29 Å². The van der Waals surface area contributed by atoms with Gasteiger partial charge in [0.1, 0.15) is 6.61 Å². The molecule has 7 rings (SSSR count). The molecule has 6 fully saturated rings. The number of carbonyl (C=O) groups excluding carboxylic acids is 3. The second kappa shape index (κ2) is 9.99. The number of cyclic esters (lactones) is 1. The summed E-state index contributed by atoms with van der Waals surface area (Å²) < 4.78 is 36.3. The molecule has 0 radical (unpaired) electrons. The van der Waals surface area contributed by atoms with E-state index in [1.165, 1.54) is 13.8 Å². The highest BCUT2D eigenvalue weighted by Crippen LogP contribution is 2.70. The second-order valence-corrected chi connectivity index (χ2v) is 15.0. The summed E-state index contributed by atoms with van der Waals surface area (Å²) in [5, 5.41) is 12.6. The Labute approximate surface area is 253 Å². The van der Waals surface area contributed by atoms with Crippen molar-refractivity contribution < 1.29 is 47.9 Å². The third-order valence-corrected chi connectivity index (χ3v) is 12.9.